The van der Waals surface area contributed by atoms with E-state index in [9.17, 15) is 0 Å². The lowest BCUT2D eigenvalue weighted by Gasteiger charge is -2.24. The molecule has 3 nitrogen and oxygen atoms in total. The molecule has 10 rings (SSSR count). The first-order valence-corrected chi connectivity index (χ1v) is 16.9. The van der Waals surface area contributed by atoms with Crippen LogP contribution in [0.3, 0.4) is 0 Å². The number of benzene rings is 6. The molecule has 0 radical (unpaired) electrons. The van der Waals surface area contributed by atoms with Gasteiger partial charge in [-0.1, -0.05) is 135 Å². The SMILES string of the molecule is CC1(C)c2ccccc2-c2ccc3c4ccccc4n(-c4ccccc4-c4nc(-c5ccccc5)nc5c4sc4ccccc45)c3c21. The largest absolute Gasteiger partial charge is 0.308 e. The fraction of sp³-hybridized carbons (Fsp3) is 0.0698. The van der Waals surface area contributed by atoms with E-state index in [4.69, 9.17) is 9.97 Å². The molecule has 47 heavy (non-hydrogen) atoms. The van der Waals surface area contributed by atoms with E-state index < -0.39 is 0 Å². The standard InChI is InChI=1S/C43H29N3S/c1-43(2)33-20-10-6-16-27(33)29-24-25-30-28-17-7-11-21-34(28)46(40(30)37(29)43)35-22-12-8-18-31(35)38-41-39(32-19-9-13-23-36(32)47-41)45-42(44-38)26-14-4-3-5-15-26/h3-25H,1-2H3. The average Bonchev–Trinajstić information content (AvgIpc) is 3.74. The topological polar surface area (TPSA) is 30.7 Å². The minimum absolute atomic E-state index is 0.166. The number of para-hydroxylation sites is 2. The summed E-state index contributed by atoms with van der Waals surface area (Å²) in [6, 6.07) is 50.1. The molecule has 0 atom stereocenters. The Kier molecular flexibility index (Phi) is 5.50. The number of nitrogens with zero attached hydrogens (tertiary/aromatic N) is 3. The van der Waals surface area contributed by atoms with Gasteiger partial charge in [0.25, 0.3) is 0 Å². The molecule has 4 heteroatoms. The lowest BCUT2D eigenvalue weighted by Crippen LogP contribution is -2.16. The average molecular weight is 620 g/mol. The molecule has 0 saturated heterocycles. The summed E-state index contributed by atoms with van der Waals surface area (Å²) in [7, 11) is 0. The minimum atomic E-state index is -0.166. The van der Waals surface area contributed by atoms with Crippen molar-refractivity contribution in [3.63, 3.8) is 0 Å². The molecular formula is C43H29N3S. The second-order valence-electron chi connectivity index (χ2n) is 13.0. The van der Waals surface area contributed by atoms with Crippen LogP contribution in [0.15, 0.2) is 140 Å². The van der Waals surface area contributed by atoms with E-state index in [1.807, 2.05) is 6.07 Å². The maximum absolute atomic E-state index is 5.39. The van der Waals surface area contributed by atoms with Gasteiger partial charge in [-0.05, 0) is 40.5 Å². The number of aromatic nitrogens is 3. The molecule has 1 aliphatic rings. The van der Waals surface area contributed by atoms with Gasteiger partial charge in [-0.15, -0.1) is 11.3 Å². The number of hydrogen-bond donors (Lipinski definition) is 0. The Morgan fingerprint density at radius 2 is 1.28 bits per heavy atom. The highest BCUT2D eigenvalue weighted by atomic mass is 32.1. The molecular weight excluding hydrogens is 591 g/mol. The van der Waals surface area contributed by atoms with E-state index >= 15 is 0 Å². The predicted molar refractivity (Wildman–Crippen MR) is 198 cm³/mol. The lowest BCUT2D eigenvalue weighted by molar-refractivity contribution is 0.664. The van der Waals surface area contributed by atoms with Crippen molar-refractivity contribution in [1.82, 2.24) is 14.5 Å². The molecule has 0 unspecified atom stereocenters. The molecule has 3 heterocycles. The Morgan fingerprint density at radius 3 is 2.15 bits per heavy atom. The summed E-state index contributed by atoms with van der Waals surface area (Å²) < 4.78 is 4.84. The van der Waals surface area contributed by atoms with Crippen LogP contribution < -0.4 is 0 Å². The van der Waals surface area contributed by atoms with E-state index in [-0.39, 0.29) is 5.41 Å². The molecule has 9 aromatic rings. The maximum Gasteiger partial charge on any atom is 0.160 e. The highest BCUT2D eigenvalue weighted by Gasteiger charge is 2.38. The van der Waals surface area contributed by atoms with Gasteiger partial charge < -0.3 is 4.57 Å². The smallest absolute Gasteiger partial charge is 0.160 e. The lowest BCUT2D eigenvalue weighted by atomic mass is 9.81. The van der Waals surface area contributed by atoms with Crippen LogP contribution in [0.2, 0.25) is 0 Å². The van der Waals surface area contributed by atoms with Crippen molar-refractivity contribution in [3.05, 3.63) is 151 Å². The van der Waals surface area contributed by atoms with Gasteiger partial charge in [-0.3, -0.25) is 0 Å². The number of fused-ring (bicyclic) bond motifs is 10. The quantitative estimate of drug-likeness (QED) is 0.197. The normalized spacial score (nSPS) is 13.5. The van der Waals surface area contributed by atoms with Crippen molar-refractivity contribution >= 4 is 53.4 Å². The molecule has 0 saturated carbocycles. The van der Waals surface area contributed by atoms with Gasteiger partial charge >= 0.3 is 0 Å². The van der Waals surface area contributed by atoms with Crippen LogP contribution in [0.5, 0.6) is 0 Å². The van der Waals surface area contributed by atoms with Gasteiger partial charge in [0, 0.05) is 37.4 Å². The van der Waals surface area contributed by atoms with E-state index in [1.165, 1.54) is 54.1 Å². The summed E-state index contributed by atoms with van der Waals surface area (Å²) in [6.07, 6.45) is 0. The Balaban J connectivity index is 1.34. The van der Waals surface area contributed by atoms with E-state index in [1.54, 1.807) is 11.3 Å². The van der Waals surface area contributed by atoms with Gasteiger partial charge in [0.2, 0.25) is 0 Å². The van der Waals surface area contributed by atoms with Gasteiger partial charge in [0.1, 0.15) is 0 Å². The van der Waals surface area contributed by atoms with Crippen molar-refractivity contribution in [2.45, 2.75) is 19.3 Å². The molecule has 6 aromatic carbocycles. The van der Waals surface area contributed by atoms with Crippen molar-refractivity contribution in [1.29, 1.82) is 0 Å². The third kappa shape index (κ3) is 3.67. The molecule has 0 bridgehead atoms. The summed E-state index contributed by atoms with van der Waals surface area (Å²) >= 11 is 1.78. The highest BCUT2D eigenvalue weighted by molar-refractivity contribution is 7.26. The third-order valence-electron chi connectivity index (χ3n) is 10.0. The molecule has 0 N–H and O–H groups in total. The molecule has 0 aliphatic heterocycles. The number of hydrogen-bond acceptors (Lipinski definition) is 3. The molecule has 1 aliphatic carbocycles. The Hall–Kier alpha value is -5.58. The van der Waals surface area contributed by atoms with Crippen LogP contribution in [0, 0.1) is 0 Å². The number of thiophene rings is 1. The van der Waals surface area contributed by atoms with Crippen LogP contribution in [-0.2, 0) is 5.41 Å². The van der Waals surface area contributed by atoms with E-state index in [0.29, 0.717) is 0 Å². The van der Waals surface area contributed by atoms with Crippen LogP contribution in [0.4, 0.5) is 0 Å². The van der Waals surface area contributed by atoms with Crippen molar-refractivity contribution in [3.8, 4) is 39.5 Å². The van der Waals surface area contributed by atoms with Crippen molar-refractivity contribution < 1.29 is 0 Å². The first-order chi connectivity index (χ1) is 23.1. The summed E-state index contributed by atoms with van der Waals surface area (Å²) in [5.41, 5.74) is 12.9. The Bertz CT molecular complexity index is 2710. The molecule has 0 spiro atoms. The van der Waals surface area contributed by atoms with E-state index in [0.717, 1.165) is 38.5 Å². The monoisotopic (exact) mass is 619 g/mol. The first-order valence-electron chi connectivity index (χ1n) is 16.1. The van der Waals surface area contributed by atoms with Crippen LogP contribution in [0.1, 0.15) is 25.0 Å². The second-order valence-corrected chi connectivity index (χ2v) is 14.0. The van der Waals surface area contributed by atoms with Crippen LogP contribution >= 0.6 is 11.3 Å². The van der Waals surface area contributed by atoms with Crippen LogP contribution in [-0.4, -0.2) is 14.5 Å². The summed E-state index contributed by atoms with van der Waals surface area (Å²) in [5.74, 6) is 0.742. The summed E-state index contributed by atoms with van der Waals surface area (Å²) in [4.78, 5) is 10.6. The molecule has 3 aromatic heterocycles. The maximum atomic E-state index is 5.39. The van der Waals surface area contributed by atoms with Crippen molar-refractivity contribution in [2.75, 3.05) is 0 Å². The molecule has 222 valence electrons. The highest BCUT2D eigenvalue weighted by Crippen LogP contribution is 2.53. The first kappa shape index (κ1) is 26.6. The summed E-state index contributed by atoms with van der Waals surface area (Å²) in [5, 5.41) is 3.70. The van der Waals surface area contributed by atoms with Crippen LogP contribution in [0.25, 0.3) is 81.6 Å². The Labute approximate surface area is 276 Å². The second kappa shape index (κ2) is 9.71. The Morgan fingerprint density at radius 1 is 0.574 bits per heavy atom. The number of rotatable bonds is 3. The molecule has 0 amide bonds. The zero-order valence-electron chi connectivity index (χ0n) is 26.0. The van der Waals surface area contributed by atoms with Gasteiger partial charge in [-0.25, -0.2) is 9.97 Å². The van der Waals surface area contributed by atoms with Crippen molar-refractivity contribution in [2.24, 2.45) is 0 Å². The predicted octanol–water partition coefficient (Wildman–Crippen LogP) is 11.6. The summed E-state index contributed by atoms with van der Waals surface area (Å²) in [6.45, 7) is 4.75. The zero-order chi connectivity index (χ0) is 31.3. The fourth-order valence-corrected chi connectivity index (χ4v) is 9.07. The van der Waals surface area contributed by atoms with Gasteiger partial charge in [-0.2, -0.15) is 0 Å². The third-order valence-corrected chi connectivity index (χ3v) is 11.2. The van der Waals surface area contributed by atoms with Gasteiger partial charge in [0.05, 0.1) is 32.6 Å². The van der Waals surface area contributed by atoms with Gasteiger partial charge in [0.15, 0.2) is 5.82 Å². The minimum Gasteiger partial charge on any atom is -0.308 e. The fourth-order valence-electron chi connectivity index (χ4n) is 7.92. The zero-order valence-corrected chi connectivity index (χ0v) is 26.8. The molecule has 0 fully saturated rings. The van der Waals surface area contributed by atoms with E-state index in [2.05, 4.69) is 152 Å².